The van der Waals surface area contributed by atoms with Crippen LogP contribution in [0.4, 0.5) is 0 Å². The van der Waals surface area contributed by atoms with Gasteiger partial charge in [-0.05, 0) is 48.4 Å². The van der Waals surface area contributed by atoms with Crippen molar-refractivity contribution in [2.45, 2.75) is 56.9 Å². The van der Waals surface area contributed by atoms with Crippen molar-refractivity contribution >= 4 is 0 Å². The second kappa shape index (κ2) is 4.27. The molecule has 2 nitrogen and oxygen atoms in total. The van der Waals surface area contributed by atoms with Crippen molar-refractivity contribution in [3.05, 3.63) is 29.3 Å². The van der Waals surface area contributed by atoms with Gasteiger partial charge in [0, 0.05) is 11.5 Å². The summed E-state index contributed by atoms with van der Waals surface area (Å²) >= 11 is 0. The van der Waals surface area contributed by atoms with Crippen molar-refractivity contribution < 1.29 is 5.11 Å². The molecule has 1 saturated carbocycles. The molecule has 2 bridgehead atoms. The Morgan fingerprint density at radius 1 is 1.28 bits per heavy atom. The van der Waals surface area contributed by atoms with Crippen LogP contribution in [0.5, 0.6) is 5.75 Å². The van der Waals surface area contributed by atoms with Gasteiger partial charge in [-0.25, -0.2) is 0 Å². The molecule has 0 aromatic heterocycles. The summed E-state index contributed by atoms with van der Waals surface area (Å²) in [5, 5.41) is 9.77. The number of rotatable bonds is 0. The number of phenols is 1. The lowest BCUT2D eigenvalue weighted by Crippen LogP contribution is -2.52. The van der Waals surface area contributed by atoms with E-state index in [0.717, 1.165) is 12.8 Å². The molecule has 2 aliphatic carbocycles. The van der Waals surface area contributed by atoms with E-state index in [-0.39, 0.29) is 11.5 Å². The summed E-state index contributed by atoms with van der Waals surface area (Å²) in [6.45, 7) is 2.30. The molecular formula is C16H23NO. The average Bonchev–Trinajstić information content (AvgIpc) is 2.35. The van der Waals surface area contributed by atoms with Gasteiger partial charge in [-0.1, -0.05) is 32.3 Å². The van der Waals surface area contributed by atoms with Crippen LogP contribution >= 0.6 is 0 Å². The molecule has 18 heavy (non-hydrogen) atoms. The molecule has 0 amide bonds. The fraction of sp³-hybridized carbons (Fsp3) is 0.625. The maximum absolute atomic E-state index is 9.77. The fourth-order valence-electron chi connectivity index (χ4n) is 4.04. The normalized spacial score (nSPS) is 35.4. The van der Waals surface area contributed by atoms with Gasteiger partial charge in [0.25, 0.3) is 0 Å². The molecule has 3 rings (SSSR count). The molecule has 0 saturated heterocycles. The zero-order valence-electron chi connectivity index (χ0n) is 11.2. The van der Waals surface area contributed by atoms with Crippen LogP contribution in [0.15, 0.2) is 18.2 Å². The van der Waals surface area contributed by atoms with Crippen LogP contribution in [-0.4, -0.2) is 11.1 Å². The lowest BCUT2D eigenvalue weighted by molar-refractivity contribution is 0.201. The van der Waals surface area contributed by atoms with Crippen molar-refractivity contribution in [1.29, 1.82) is 0 Å². The summed E-state index contributed by atoms with van der Waals surface area (Å²) in [6.07, 6.45) is 7.41. The van der Waals surface area contributed by atoms with Gasteiger partial charge >= 0.3 is 0 Å². The Morgan fingerprint density at radius 2 is 2.11 bits per heavy atom. The third-order valence-electron chi connectivity index (χ3n) is 5.21. The van der Waals surface area contributed by atoms with Gasteiger partial charge in [-0.3, -0.25) is 0 Å². The molecule has 1 aromatic rings. The van der Waals surface area contributed by atoms with E-state index in [9.17, 15) is 5.11 Å². The van der Waals surface area contributed by atoms with Crippen molar-refractivity contribution in [1.82, 2.24) is 0 Å². The standard InChI is InChI=1S/C16H23NO/c1-16-8-4-2-3-5-12(15(16)17)9-11-6-7-13(18)10-14(11)16/h6-7,10,12,15,18H,2-5,8-9,17H2,1H3/t12?,15-,16-/m0/s1. The number of nitrogens with two attached hydrogens (primary N) is 1. The largest absolute Gasteiger partial charge is 0.508 e. The van der Waals surface area contributed by atoms with Crippen LogP contribution in [0.1, 0.15) is 50.2 Å². The maximum Gasteiger partial charge on any atom is 0.115 e. The molecular weight excluding hydrogens is 222 g/mol. The summed E-state index contributed by atoms with van der Waals surface area (Å²) in [5.74, 6) is 0.995. The quantitative estimate of drug-likeness (QED) is 0.737. The second-order valence-electron chi connectivity index (χ2n) is 6.35. The van der Waals surface area contributed by atoms with E-state index >= 15 is 0 Å². The lowest BCUT2D eigenvalue weighted by atomic mass is 9.60. The average molecular weight is 245 g/mol. The first-order valence-corrected chi connectivity index (χ1v) is 7.19. The zero-order valence-corrected chi connectivity index (χ0v) is 11.2. The maximum atomic E-state index is 9.77. The van der Waals surface area contributed by atoms with Gasteiger partial charge in [-0.15, -0.1) is 0 Å². The van der Waals surface area contributed by atoms with Gasteiger partial charge in [0.15, 0.2) is 0 Å². The highest BCUT2D eigenvalue weighted by molar-refractivity contribution is 5.43. The molecule has 3 N–H and O–H groups in total. The van der Waals surface area contributed by atoms with Gasteiger partial charge in [0.2, 0.25) is 0 Å². The number of benzene rings is 1. The summed E-state index contributed by atoms with van der Waals surface area (Å²) in [6, 6.07) is 6.11. The predicted octanol–water partition coefficient (Wildman–Crippen LogP) is 3.11. The Bertz CT molecular complexity index is 456. The summed E-state index contributed by atoms with van der Waals surface area (Å²) in [7, 11) is 0. The van der Waals surface area contributed by atoms with E-state index < -0.39 is 0 Å². The van der Waals surface area contributed by atoms with Crippen LogP contribution in [0.2, 0.25) is 0 Å². The molecule has 98 valence electrons. The first kappa shape index (κ1) is 12.0. The topological polar surface area (TPSA) is 46.2 Å². The smallest absolute Gasteiger partial charge is 0.115 e. The summed E-state index contributed by atoms with van der Waals surface area (Å²) < 4.78 is 0. The first-order valence-electron chi connectivity index (χ1n) is 7.19. The molecule has 2 heteroatoms. The highest BCUT2D eigenvalue weighted by Crippen LogP contribution is 2.46. The highest BCUT2D eigenvalue weighted by atomic mass is 16.3. The second-order valence-corrected chi connectivity index (χ2v) is 6.35. The van der Waals surface area contributed by atoms with Gasteiger partial charge in [-0.2, -0.15) is 0 Å². The molecule has 1 fully saturated rings. The van der Waals surface area contributed by atoms with E-state index in [1.165, 1.54) is 36.8 Å². The minimum atomic E-state index is 0.0530. The molecule has 2 aliphatic rings. The van der Waals surface area contributed by atoms with Crippen LogP contribution in [0, 0.1) is 5.92 Å². The van der Waals surface area contributed by atoms with E-state index in [1.54, 1.807) is 0 Å². The van der Waals surface area contributed by atoms with Crippen molar-refractivity contribution in [2.24, 2.45) is 11.7 Å². The third-order valence-corrected chi connectivity index (χ3v) is 5.21. The van der Waals surface area contributed by atoms with E-state index in [2.05, 4.69) is 13.0 Å². The van der Waals surface area contributed by atoms with Crippen LogP contribution in [0.3, 0.4) is 0 Å². The third kappa shape index (κ3) is 1.74. The van der Waals surface area contributed by atoms with Crippen molar-refractivity contribution in [3.63, 3.8) is 0 Å². The Morgan fingerprint density at radius 3 is 2.94 bits per heavy atom. The van der Waals surface area contributed by atoms with E-state index in [1.807, 2.05) is 12.1 Å². The molecule has 0 heterocycles. The van der Waals surface area contributed by atoms with E-state index in [0.29, 0.717) is 11.7 Å². The SMILES string of the molecule is C[C@]12CCCCCC(Cc3ccc(O)cc31)[C@@H]2N. The zero-order chi connectivity index (χ0) is 12.8. The van der Waals surface area contributed by atoms with Crippen molar-refractivity contribution in [3.8, 4) is 5.75 Å². The van der Waals surface area contributed by atoms with Crippen molar-refractivity contribution in [2.75, 3.05) is 0 Å². The molecule has 1 aromatic carbocycles. The number of phenolic OH excluding ortho intramolecular Hbond substituents is 1. The molecule has 0 spiro atoms. The van der Waals surface area contributed by atoms with Gasteiger partial charge in [0.05, 0.1) is 0 Å². The van der Waals surface area contributed by atoms with Crippen LogP contribution in [0.25, 0.3) is 0 Å². The molecule has 3 atom stereocenters. The number of hydrogen-bond donors (Lipinski definition) is 2. The number of fused-ring (bicyclic) bond motifs is 4. The Kier molecular flexibility index (Phi) is 2.86. The predicted molar refractivity (Wildman–Crippen MR) is 73.7 cm³/mol. The Labute approximate surface area is 109 Å². The summed E-state index contributed by atoms with van der Waals surface area (Å²) in [4.78, 5) is 0. The molecule has 0 radical (unpaired) electrons. The molecule has 1 unspecified atom stereocenters. The Balaban J connectivity index is 2.11. The molecule has 0 aliphatic heterocycles. The minimum Gasteiger partial charge on any atom is -0.508 e. The number of hydrogen-bond acceptors (Lipinski definition) is 2. The minimum absolute atomic E-state index is 0.0530. The number of aromatic hydroxyl groups is 1. The highest BCUT2D eigenvalue weighted by Gasteiger charge is 2.43. The Hall–Kier alpha value is -1.02. The summed E-state index contributed by atoms with van der Waals surface area (Å²) in [5.41, 5.74) is 9.33. The monoisotopic (exact) mass is 245 g/mol. The van der Waals surface area contributed by atoms with Gasteiger partial charge in [0.1, 0.15) is 5.75 Å². The fourth-order valence-corrected chi connectivity index (χ4v) is 4.04. The lowest BCUT2D eigenvalue weighted by Gasteiger charge is -2.47. The van der Waals surface area contributed by atoms with Crippen LogP contribution < -0.4 is 5.73 Å². The first-order chi connectivity index (χ1) is 8.61. The van der Waals surface area contributed by atoms with Gasteiger partial charge < -0.3 is 10.8 Å². The van der Waals surface area contributed by atoms with E-state index in [4.69, 9.17) is 5.73 Å². The van der Waals surface area contributed by atoms with Crippen LogP contribution in [-0.2, 0) is 11.8 Å².